The first-order valence-electron chi connectivity index (χ1n) is 12.8. The topological polar surface area (TPSA) is 114 Å². The number of unbranched alkanes of at least 4 members (excludes halogenated alkanes) is 1. The maximum absolute atomic E-state index is 13.8. The molecule has 0 radical (unpaired) electrons. The Labute approximate surface area is 224 Å². The summed E-state index contributed by atoms with van der Waals surface area (Å²) in [5, 5.41) is 2.91. The van der Waals surface area contributed by atoms with Crippen molar-refractivity contribution < 1.29 is 32.2 Å². The highest BCUT2D eigenvalue weighted by atomic mass is 32.2. The summed E-state index contributed by atoms with van der Waals surface area (Å²) in [7, 11) is -2.27. The van der Waals surface area contributed by atoms with Gasteiger partial charge >= 0.3 is 0 Å². The van der Waals surface area contributed by atoms with Gasteiger partial charge in [0.05, 0.1) is 18.6 Å². The Morgan fingerprint density at radius 1 is 1.05 bits per heavy atom. The van der Waals surface area contributed by atoms with E-state index in [4.69, 9.17) is 14.2 Å². The number of carbonyl (C=O) groups is 2. The second-order valence-electron chi connectivity index (χ2n) is 8.88. The number of fused-ring (bicyclic) bond motifs is 1. The number of anilines is 1. The van der Waals surface area contributed by atoms with E-state index >= 15 is 0 Å². The molecule has 0 saturated heterocycles. The fourth-order valence-electron chi connectivity index (χ4n) is 4.11. The van der Waals surface area contributed by atoms with Crippen molar-refractivity contribution in [3.63, 3.8) is 0 Å². The fourth-order valence-corrected chi connectivity index (χ4v) is 5.17. The molecule has 11 heteroatoms. The molecule has 1 heterocycles. The third kappa shape index (κ3) is 7.09. The Bertz CT molecular complexity index is 1200. The molecule has 1 aliphatic heterocycles. The number of hydrogen-bond acceptors (Lipinski definition) is 7. The monoisotopic (exact) mass is 547 g/mol. The first kappa shape index (κ1) is 29.1. The third-order valence-corrected chi connectivity index (χ3v) is 8.09. The lowest BCUT2D eigenvalue weighted by Crippen LogP contribution is -2.52. The molecule has 10 nitrogen and oxygen atoms in total. The average Bonchev–Trinajstić information content (AvgIpc) is 3.40. The average molecular weight is 548 g/mol. The lowest BCUT2D eigenvalue weighted by Gasteiger charge is -2.33. The molecule has 0 fully saturated rings. The number of ether oxygens (including phenoxy) is 3. The third-order valence-electron chi connectivity index (χ3n) is 6.35. The molecule has 0 saturated carbocycles. The van der Waals surface area contributed by atoms with Crippen LogP contribution in [0, 0.1) is 0 Å². The molecule has 1 unspecified atom stereocenters. The smallest absolute Gasteiger partial charge is 0.244 e. The largest absolute Gasteiger partial charge is 0.497 e. The number of methoxy groups -OCH3 is 1. The first-order chi connectivity index (χ1) is 18.2. The van der Waals surface area contributed by atoms with Gasteiger partial charge in [-0.1, -0.05) is 32.4 Å². The van der Waals surface area contributed by atoms with Crippen molar-refractivity contribution in [3.05, 3.63) is 48.0 Å². The van der Waals surface area contributed by atoms with Crippen LogP contribution in [0.2, 0.25) is 0 Å². The standard InChI is InChI=1S/C27H37N3O7S/c1-5-8-15-28-27(32)23(6-2)29(17-20-9-12-22(35-4)13-10-20)26(31)18-30(38(33,34)7-3)21-11-14-24-25(16-21)37-19-36-24/h9-14,16,23H,5-8,15,17-19H2,1-4H3,(H,28,32). The number of benzene rings is 2. The SMILES string of the molecule is CCCCNC(=O)C(CC)N(Cc1ccc(OC)cc1)C(=O)CN(c1ccc2c(c1)OCO2)S(=O)(=O)CC. The summed E-state index contributed by atoms with van der Waals surface area (Å²) >= 11 is 0. The van der Waals surface area contributed by atoms with E-state index in [0.717, 1.165) is 22.7 Å². The quantitative estimate of drug-likeness (QED) is 0.361. The van der Waals surface area contributed by atoms with E-state index in [1.807, 2.05) is 26.0 Å². The van der Waals surface area contributed by atoms with Crippen molar-refractivity contribution in [2.24, 2.45) is 0 Å². The van der Waals surface area contributed by atoms with Gasteiger partial charge in [-0.25, -0.2) is 8.42 Å². The van der Waals surface area contributed by atoms with Crippen molar-refractivity contribution in [1.29, 1.82) is 0 Å². The zero-order valence-corrected chi connectivity index (χ0v) is 23.3. The van der Waals surface area contributed by atoms with Gasteiger partial charge in [-0.05, 0) is 49.6 Å². The van der Waals surface area contributed by atoms with Crippen LogP contribution < -0.4 is 23.8 Å². The van der Waals surface area contributed by atoms with Gasteiger partial charge in [-0.15, -0.1) is 0 Å². The number of nitrogens with one attached hydrogen (secondary N) is 1. The van der Waals surface area contributed by atoms with E-state index in [0.29, 0.717) is 30.2 Å². The van der Waals surface area contributed by atoms with Gasteiger partial charge in [-0.3, -0.25) is 13.9 Å². The Balaban J connectivity index is 1.94. The second-order valence-corrected chi connectivity index (χ2v) is 11.1. The van der Waals surface area contributed by atoms with Crippen LogP contribution >= 0.6 is 0 Å². The minimum Gasteiger partial charge on any atom is -0.497 e. The molecule has 0 bridgehead atoms. The van der Waals surface area contributed by atoms with Gasteiger partial charge in [0.25, 0.3) is 0 Å². The number of sulfonamides is 1. The Kier molecular flexibility index (Phi) is 10.2. The van der Waals surface area contributed by atoms with Crippen molar-refractivity contribution >= 4 is 27.5 Å². The second kappa shape index (κ2) is 13.4. The zero-order valence-electron chi connectivity index (χ0n) is 22.4. The van der Waals surface area contributed by atoms with Crippen LogP contribution in [0.3, 0.4) is 0 Å². The molecule has 0 aliphatic carbocycles. The van der Waals surface area contributed by atoms with Crippen LogP contribution in [0.15, 0.2) is 42.5 Å². The van der Waals surface area contributed by atoms with Crippen LogP contribution in [0.25, 0.3) is 0 Å². The minimum atomic E-state index is -3.84. The maximum Gasteiger partial charge on any atom is 0.244 e. The Morgan fingerprint density at radius 3 is 2.39 bits per heavy atom. The molecule has 38 heavy (non-hydrogen) atoms. The Morgan fingerprint density at radius 2 is 1.76 bits per heavy atom. The molecule has 2 aromatic carbocycles. The highest BCUT2D eigenvalue weighted by Crippen LogP contribution is 2.36. The summed E-state index contributed by atoms with van der Waals surface area (Å²) in [5.74, 6) is 0.609. The van der Waals surface area contributed by atoms with Gasteiger partial charge < -0.3 is 24.4 Å². The molecule has 0 aromatic heterocycles. The normalized spacial score (nSPS) is 13.1. The van der Waals surface area contributed by atoms with Crippen LogP contribution in [-0.2, 0) is 26.2 Å². The molecular weight excluding hydrogens is 510 g/mol. The van der Waals surface area contributed by atoms with E-state index < -0.39 is 28.5 Å². The van der Waals surface area contributed by atoms with Gasteiger partial charge in [0.2, 0.25) is 28.6 Å². The van der Waals surface area contributed by atoms with Crippen LogP contribution in [0.1, 0.15) is 45.6 Å². The predicted molar refractivity (Wildman–Crippen MR) is 145 cm³/mol. The highest BCUT2D eigenvalue weighted by molar-refractivity contribution is 7.92. The fraction of sp³-hybridized carbons (Fsp3) is 0.481. The number of rotatable bonds is 14. The lowest BCUT2D eigenvalue weighted by atomic mass is 10.1. The predicted octanol–water partition coefficient (Wildman–Crippen LogP) is 3.30. The van der Waals surface area contributed by atoms with Crippen LogP contribution in [0.5, 0.6) is 17.2 Å². The number of hydrogen-bond donors (Lipinski definition) is 1. The van der Waals surface area contributed by atoms with Crippen LogP contribution in [0.4, 0.5) is 5.69 Å². The number of carbonyl (C=O) groups excluding carboxylic acids is 2. The van der Waals surface area contributed by atoms with E-state index in [2.05, 4.69) is 5.32 Å². The van der Waals surface area contributed by atoms with E-state index in [9.17, 15) is 18.0 Å². The molecule has 3 rings (SSSR count). The summed E-state index contributed by atoms with van der Waals surface area (Å²) in [6.07, 6.45) is 2.11. The summed E-state index contributed by atoms with van der Waals surface area (Å²) in [6.45, 7) is 5.58. The van der Waals surface area contributed by atoms with Gasteiger partial charge in [-0.2, -0.15) is 0 Å². The van der Waals surface area contributed by atoms with Crippen molar-refractivity contribution in [2.75, 3.05) is 37.1 Å². The highest BCUT2D eigenvalue weighted by Gasteiger charge is 2.33. The minimum absolute atomic E-state index is 0.0409. The van der Waals surface area contributed by atoms with E-state index in [1.165, 1.54) is 11.8 Å². The lowest BCUT2D eigenvalue weighted by molar-refractivity contribution is -0.140. The van der Waals surface area contributed by atoms with Crippen LogP contribution in [-0.4, -0.2) is 63.9 Å². The molecule has 1 atom stereocenters. The van der Waals surface area contributed by atoms with E-state index in [1.54, 1.807) is 37.4 Å². The molecule has 1 aliphatic rings. The summed E-state index contributed by atoms with van der Waals surface area (Å²) in [4.78, 5) is 28.4. The Hall–Kier alpha value is -3.47. The molecule has 208 valence electrons. The maximum atomic E-state index is 13.8. The molecule has 2 aromatic rings. The van der Waals surface area contributed by atoms with E-state index in [-0.39, 0.29) is 30.7 Å². The molecular formula is C27H37N3O7S. The first-order valence-corrected chi connectivity index (χ1v) is 14.4. The van der Waals surface area contributed by atoms with Gasteiger partial charge in [0.1, 0.15) is 18.3 Å². The van der Waals surface area contributed by atoms with Gasteiger partial charge in [0, 0.05) is 19.2 Å². The number of amides is 2. The molecule has 1 N–H and O–H groups in total. The molecule has 0 spiro atoms. The number of nitrogens with zero attached hydrogens (tertiary/aromatic N) is 2. The molecule has 2 amide bonds. The van der Waals surface area contributed by atoms with Crippen molar-refractivity contribution in [1.82, 2.24) is 10.2 Å². The van der Waals surface area contributed by atoms with Crippen molar-refractivity contribution in [3.8, 4) is 17.2 Å². The summed E-state index contributed by atoms with van der Waals surface area (Å²) in [6, 6.07) is 11.2. The summed E-state index contributed by atoms with van der Waals surface area (Å²) < 4.78 is 43.3. The van der Waals surface area contributed by atoms with Crippen molar-refractivity contribution in [2.45, 2.75) is 52.6 Å². The van der Waals surface area contributed by atoms with Gasteiger partial charge in [0.15, 0.2) is 11.5 Å². The zero-order chi connectivity index (χ0) is 27.7. The summed E-state index contributed by atoms with van der Waals surface area (Å²) in [5.41, 5.74) is 1.07.